The van der Waals surface area contributed by atoms with Gasteiger partial charge in [0.15, 0.2) is 0 Å². The molecule has 0 aliphatic carbocycles. The van der Waals surface area contributed by atoms with Crippen LogP contribution in [-0.2, 0) is 0 Å². The summed E-state index contributed by atoms with van der Waals surface area (Å²) in [5, 5.41) is 10.6. The van der Waals surface area contributed by atoms with Crippen LogP contribution in [0.3, 0.4) is 0 Å². The molecule has 5 nitrogen and oxygen atoms in total. The van der Waals surface area contributed by atoms with Crippen LogP contribution in [0.15, 0.2) is 42.5 Å². The third-order valence-corrected chi connectivity index (χ3v) is 3.04. The molecule has 21 heavy (non-hydrogen) atoms. The Morgan fingerprint density at radius 1 is 1.19 bits per heavy atom. The van der Waals surface area contributed by atoms with E-state index in [0.29, 0.717) is 16.8 Å². The number of amides is 1. The highest BCUT2D eigenvalue weighted by atomic mass is 19.1. The quantitative estimate of drug-likeness (QED) is 0.643. The summed E-state index contributed by atoms with van der Waals surface area (Å²) < 4.78 is 13.4. The summed E-state index contributed by atoms with van der Waals surface area (Å²) in [6.45, 7) is 1.73. The van der Waals surface area contributed by atoms with Crippen LogP contribution >= 0.6 is 0 Å². The average molecular weight is 288 g/mol. The average Bonchev–Trinajstić information content (AvgIpc) is 2.44. The first-order chi connectivity index (χ1) is 9.88. The van der Waals surface area contributed by atoms with Crippen molar-refractivity contribution in [1.82, 2.24) is 0 Å². The second-order valence-corrected chi connectivity index (χ2v) is 4.65. The van der Waals surface area contributed by atoms with Crippen molar-refractivity contribution < 1.29 is 14.1 Å². The highest BCUT2D eigenvalue weighted by Crippen LogP contribution is 2.20. The molecule has 2 aromatic rings. The lowest BCUT2D eigenvalue weighted by Gasteiger charge is -2.18. The molecule has 1 amide bonds. The SMILES string of the molecule is Cc1cc(F)cc(N(C)C(=O)c2ccc([N+](=O)[O-])cc2)c1. The maximum atomic E-state index is 13.4. The van der Waals surface area contributed by atoms with Crippen molar-refractivity contribution in [2.45, 2.75) is 6.92 Å². The lowest BCUT2D eigenvalue weighted by molar-refractivity contribution is -0.384. The molecule has 0 spiro atoms. The minimum atomic E-state index is -0.534. The van der Waals surface area contributed by atoms with Gasteiger partial charge in [-0.3, -0.25) is 14.9 Å². The van der Waals surface area contributed by atoms with Gasteiger partial charge in [0.1, 0.15) is 5.82 Å². The zero-order valence-electron chi connectivity index (χ0n) is 11.5. The molecule has 0 fully saturated rings. The van der Waals surface area contributed by atoms with Gasteiger partial charge in [0, 0.05) is 30.4 Å². The Morgan fingerprint density at radius 3 is 2.33 bits per heavy atom. The fraction of sp³-hybridized carbons (Fsp3) is 0.133. The maximum Gasteiger partial charge on any atom is 0.269 e. The van der Waals surface area contributed by atoms with Gasteiger partial charge in [0.25, 0.3) is 11.6 Å². The first kappa shape index (κ1) is 14.6. The second kappa shape index (κ2) is 5.70. The number of hydrogen-bond donors (Lipinski definition) is 0. The summed E-state index contributed by atoms with van der Waals surface area (Å²) in [7, 11) is 1.53. The third-order valence-electron chi connectivity index (χ3n) is 3.04. The number of nitrogens with zero attached hydrogens (tertiary/aromatic N) is 2. The third kappa shape index (κ3) is 3.22. The molecule has 0 saturated heterocycles. The standard InChI is InChI=1S/C15H13FN2O3/c1-10-7-12(16)9-14(8-10)17(2)15(19)11-3-5-13(6-4-11)18(20)21/h3-9H,1-2H3. The number of benzene rings is 2. The number of nitro groups is 1. The normalized spacial score (nSPS) is 10.2. The molecule has 2 aromatic carbocycles. The van der Waals surface area contributed by atoms with Crippen LogP contribution in [0.25, 0.3) is 0 Å². The molecule has 0 atom stereocenters. The monoisotopic (exact) mass is 288 g/mol. The Kier molecular flexibility index (Phi) is 3.98. The number of hydrogen-bond acceptors (Lipinski definition) is 3. The molecule has 0 heterocycles. The van der Waals surface area contributed by atoms with Gasteiger partial charge in [-0.1, -0.05) is 0 Å². The van der Waals surface area contributed by atoms with Crippen molar-refractivity contribution in [2.24, 2.45) is 0 Å². The minimum Gasteiger partial charge on any atom is -0.311 e. The molecule has 2 rings (SSSR count). The summed E-state index contributed by atoms with van der Waals surface area (Å²) in [5.74, 6) is -0.789. The highest BCUT2D eigenvalue weighted by molar-refractivity contribution is 6.05. The minimum absolute atomic E-state index is 0.0872. The summed E-state index contributed by atoms with van der Waals surface area (Å²) >= 11 is 0. The predicted molar refractivity (Wildman–Crippen MR) is 77.0 cm³/mol. The maximum absolute atomic E-state index is 13.4. The molecular formula is C15H13FN2O3. The Bertz CT molecular complexity index is 678. The summed E-state index contributed by atoms with van der Waals surface area (Å²) in [6.07, 6.45) is 0. The fourth-order valence-electron chi connectivity index (χ4n) is 1.95. The second-order valence-electron chi connectivity index (χ2n) is 4.65. The van der Waals surface area contributed by atoms with Crippen LogP contribution in [0.1, 0.15) is 15.9 Å². The molecule has 0 saturated carbocycles. The number of nitro benzene ring substituents is 1. The molecule has 6 heteroatoms. The van der Waals surface area contributed by atoms with Crippen molar-refractivity contribution in [2.75, 3.05) is 11.9 Å². The first-order valence-electron chi connectivity index (χ1n) is 6.18. The molecule has 0 bridgehead atoms. The van der Waals surface area contributed by atoms with E-state index in [0.717, 1.165) is 0 Å². The van der Waals surface area contributed by atoms with E-state index in [9.17, 15) is 19.3 Å². The van der Waals surface area contributed by atoms with Crippen molar-refractivity contribution in [3.8, 4) is 0 Å². The van der Waals surface area contributed by atoms with Gasteiger partial charge in [-0.15, -0.1) is 0 Å². The van der Waals surface area contributed by atoms with E-state index >= 15 is 0 Å². The molecule has 0 aliphatic rings. The lowest BCUT2D eigenvalue weighted by Crippen LogP contribution is -2.26. The van der Waals surface area contributed by atoms with Gasteiger partial charge in [0.2, 0.25) is 0 Å². The Balaban J connectivity index is 2.28. The molecule has 108 valence electrons. The molecular weight excluding hydrogens is 275 g/mol. The first-order valence-corrected chi connectivity index (χ1v) is 6.18. The molecule has 0 N–H and O–H groups in total. The van der Waals surface area contributed by atoms with E-state index in [1.54, 1.807) is 13.0 Å². The van der Waals surface area contributed by atoms with Crippen LogP contribution in [0.5, 0.6) is 0 Å². The molecule has 0 aromatic heterocycles. The Hall–Kier alpha value is -2.76. The van der Waals surface area contributed by atoms with Gasteiger partial charge >= 0.3 is 0 Å². The summed E-state index contributed by atoms with van der Waals surface area (Å²) in [4.78, 5) is 23.6. The number of carbonyl (C=O) groups is 1. The van der Waals surface area contributed by atoms with Gasteiger partial charge in [0.05, 0.1) is 4.92 Å². The Labute approximate surface area is 120 Å². The molecule has 0 unspecified atom stereocenters. The smallest absolute Gasteiger partial charge is 0.269 e. The zero-order chi connectivity index (χ0) is 15.6. The summed E-state index contributed by atoms with van der Waals surface area (Å²) in [5.41, 5.74) is 1.34. The fourth-order valence-corrected chi connectivity index (χ4v) is 1.95. The van der Waals surface area contributed by atoms with E-state index in [1.165, 1.54) is 48.3 Å². The zero-order valence-corrected chi connectivity index (χ0v) is 11.5. The lowest BCUT2D eigenvalue weighted by atomic mass is 10.1. The van der Waals surface area contributed by atoms with E-state index in [2.05, 4.69) is 0 Å². The van der Waals surface area contributed by atoms with Crippen molar-refractivity contribution >= 4 is 17.3 Å². The van der Waals surface area contributed by atoms with Crippen LogP contribution in [-0.4, -0.2) is 17.9 Å². The van der Waals surface area contributed by atoms with Crippen LogP contribution in [0.2, 0.25) is 0 Å². The largest absolute Gasteiger partial charge is 0.311 e. The summed E-state index contributed by atoms with van der Waals surface area (Å²) in [6, 6.07) is 9.60. The van der Waals surface area contributed by atoms with Crippen LogP contribution < -0.4 is 4.90 Å². The van der Waals surface area contributed by atoms with E-state index < -0.39 is 10.7 Å². The van der Waals surface area contributed by atoms with E-state index in [-0.39, 0.29) is 11.6 Å². The van der Waals surface area contributed by atoms with Gasteiger partial charge in [-0.05, 0) is 42.8 Å². The van der Waals surface area contributed by atoms with Crippen molar-refractivity contribution in [3.05, 3.63) is 69.5 Å². The number of rotatable bonds is 3. The van der Waals surface area contributed by atoms with Crippen LogP contribution in [0, 0.1) is 22.9 Å². The van der Waals surface area contributed by atoms with Gasteiger partial charge < -0.3 is 4.90 Å². The van der Waals surface area contributed by atoms with Crippen molar-refractivity contribution in [3.63, 3.8) is 0 Å². The van der Waals surface area contributed by atoms with E-state index in [4.69, 9.17) is 0 Å². The molecule has 0 aliphatic heterocycles. The number of aryl methyl sites for hydroxylation is 1. The molecule has 0 radical (unpaired) electrons. The predicted octanol–water partition coefficient (Wildman–Crippen LogP) is 3.32. The Morgan fingerprint density at radius 2 is 1.81 bits per heavy atom. The van der Waals surface area contributed by atoms with Gasteiger partial charge in [-0.2, -0.15) is 0 Å². The van der Waals surface area contributed by atoms with Crippen LogP contribution in [0.4, 0.5) is 15.8 Å². The highest BCUT2D eigenvalue weighted by Gasteiger charge is 2.15. The van der Waals surface area contributed by atoms with Crippen molar-refractivity contribution in [1.29, 1.82) is 0 Å². The number of halogens is 1. The topological polar surface area (TPSA) is 63.5 Å². The number of anilines is 1. The number of carbonyl (C=O) groups excluding carboxylic acids is 1. The van der Waals surface area contributed by atoms with E-state index in [1.807, 2.05) is 0 Å². The van der Waals surface area contributed by atoms with Gasteiger partial charge in [-0.25, -0.2) is 4.39 Å². The number of non-ortho nitro benzene ring substituents is 1.